The minimum absolute atomic E-state index is 0.0536. The Balaban J connectivity index is 1.67. The molecule has 26 heavy (non-hydrogen) atoms. The molecule has 1 aliphatic rings. The van der Waals surface area contributed by atoms with Crippen LogP contribution in [0.3, 0.4) is 0 Å². The number of anilines is 2. The number of hydrogen-bond donors (Lipinski definition) is 1. The number of nitrogens with one attached hydrogen (secondary N) is 1. The maximum absolute atomic E-state index is 12.5. The summed E-state index contributed by atoms with van der Waals surface area (Å²) in [6.45, 7) is 3.79. The summed E-state index contributed by atoms with van der Waals surface area (Å²) in [4.78, 5) is 14.4. The Kier molecular flexibility index (Phi) is 5.55. The van der Waals surface area contributed by atoms with E-state index in [-0.39, 0.29) is 5.91 Å². The normalized spacial score (nSPS) is 14.8. The van der Waals surface area contributed by atoms with Crippen molar-refractivity contribution >= 4 is 17.4 Å². The van der Waals surface area contributed by atoms with Gasteiger partial charge >= 0.3 is 0 Å². The van der Waals surface area contributed by atoms with Crippen LogP contribution in [0.2, 0.25) is 0 Å². The fraction of sp³-hybridized carbons (Fsp3) is 0.421. The Morgan fingerprint density at radius 3 is 2.42 bits per heavy atom. The van der Waals surface area contributed by atoms with E-state index in [0.29, 0.717) is 28.9 Å². The molecule has 0 bridgehead atoms. The summed E-state index contributed by atoms with van der Waals surface area (Å²) in [5.74, 6) is 2.46. The Bertz CT molecular complexity index is 756. The second kappa shape index (κ2) is 8.03. The van der Waals surface area contributed by atoms with Gasteiger partial charge in [0, 0.05) is 24.8 Å². The molecule has 0 saturated carbocycles. The van der Waals surface area contributed by atoms with Crippen molar-refractivity contribution in [3.05, 3.63) is 36.0 Å². The summed E-state index contributed by atoms with van der Waals surface area (Å²) in [5, 5.41) is 11.4. The Hall–Kier alpha value is -2.83. The van der Waals surface area contributed by atoms with Crippen LogP contribution in [0.4, 0.5) is 11.5 Å². The number of nitrogens with zero attached hydrogens (tertiary/aromatic N) is 3. The van der Waals surface area contributed by atoms with Crippen molar-refractivity contribution in [3.63, 3.8) is 0 Å². The van der Waals surface area contributed by atoms with Gasteiger partial charge in [0.15, 0.2) is 23.0 Å². The molecule has 2 aromatic rings. The van der Waals surface area contributed by atoms with Gasteiger partial charge in [0.2, 0.25) is 0 Å². The third-order valence-corrected chi connectivity index (χ3v) is 4.61. The van der Waals surface area contributed by atoms with E-state index in [9.17, 15) is 4.79 Å². The van der Waals surface area contributed by atoms with Gasteiger partial charge in [-0.25, -0.2) is 0 Å². The third kappa shape index (κ3) is 4.04. The van der Waals surface area contributed by atoms with Crippen molar-refractivity contribution in [3.8, 4) is 11.5 Å². The van der Waals surface area contributed by atoms with Crippen molar-refractivity contribution in [1.82, 2.24) is 15.1 Å². The first-order chi connectivity index (χ1) is 12.6. The number of amides is 1. The van der Waals surface area contributed by atoms with Gasteiger partial charge in [0.1, 0.15) is 0 Å². The summed E-state index contributed by atoms with van der Waals surface area (Å²) in [6.07, 6.45) is 2.08. The van der Waals surface area contributed by atoms with E-state index in [2.05, 4.69) is 22.4 Å². The van der Waals surface area contributed by atoms with Crippen molar-refractivity contribution in [2.45, 2.75) is 19.8 Å². The van der Waals surface area contributed by atoms with Gasteiger partial charge in [-0.05, 0) is 43.0 Å². The zero-order valence-electron chi connectivity index (χ0n) is 15.4. The fourth-order valence-corrected chi connectivity index (χ4v) is 2.95. The topological polar surface area (TPSA) is 76.6 Å². The number of hydrogen-bond acceptors (Lipinski definition) is 6. The molecule has 0 atom stereocenters. The summed E-state index contributed by atoms with van der Waals surface area (Å²) in [7, 11) is 3.18. The number of carbonyl (C=O) groups is 1. The van der Waals surface area contributed by atoms with E-state index in [1.165, 1.54) is 0 Å². The lowest BCUT2D eigenvalue weighted by Crippen LogP contribution is -2.38. The Morgan fingerprint density at radius 2 is 1.81 bits per heavy atom. The zero-order valence-corrected chi connectivity index (χ0v) is 15.4. The van der Waals surface area contributed by atoms with E-state index in [1.54, 1.807) is 26.4 Å². The van der Waals surface area contributed by atoms with Crippen LogP contribution in [0.25, 0.3) is 0 Å². The van der Waals surface area contributed by atoms with Crippen LogP contribution in [-0.4, -0.2) is 48.3 Å². The van der Waals surface area contributed by atoms with Gasteiger partial charge in [0.25, 0.3) is 5.91 Å². The van der Waals surface area contributed by atoms with Crippen LogP contribution >= 0.6 is 0 Å². The highest BCUT2D eigenvalue weighted by Crippen LogP contribution is 2.30. The standard InChI is InChI=1S/C19H24N4O3/c1-13-8-10-23(11-9-13)19(24)15-5-7-18(22-21-15)20-14-4-6-16(25-2)17(12-14)26-3/h4-7,12-13H,8-11H2,1-3H3,(H,20,22). The molecular formula is C19H24N4O3. The molecule has 1 amide bonds. The van der Waals surface area contributed by atoms with Gasteiger partial charge in [-0.15, -0.1) is 10.2 Å². The van der Waals surface area contributed by atoms with E-state index in [1.807, 2.05) is 23.1 Å². The molecule has 1 aromatic carbocycles. The molecule has 0 unspecified atom stereocenters. The lowest BCUT2D eigenvalue weighted by molar-refractivity contribution is 0.0690. The molecule has 1 saturated heterocycles. The summed E-state index contributed by atoms with van der Waals surface area (Å²) in [5.41, 5.74) is 1.17. The van der Waals surface area contributed by atoms with Crippen LogP contribution < -0.4 is 14.8 Å². The van der Waals surface area contributed by atoms with Crippen LogP contribution in [0, 0.1) is 5.92 Å². The lowest BCUT2D eigenvalue weighted by Gasteiger charge is -2.29. The number of methoxy groups -OCH3 is 2. The van der Waals surface area contributed by atoms with Gasteiger partial charge in [-0.3, -0.25) is 4.79 Å². The molecular weight excluding hydrogens is 332 g/mol. The molecule has 1 aliphatic heterocycles. The number of piperidine rings is 1. The second-order valence-corrected chi connectivity index (χ2v) is 6.47. The van der Waals surface area contributed by atoms with Crippen molar-refractivity contribution in [1.29, 1.82) is 0 Å². The van der Waals surface area contributed by atoms with E-state index in [0.717, 1.165) is 31.6 Å². The van der Waals surface area contributed by atoms with Gasteiger partial charge in [-0.2, -0.15) is 0 Å². The summed E-state index contributed by atoms with van der Waals surface area (Å²) < 4.78 is 10.5. The molecule has 0 radical (unpaired) electrons. The van der Waals surface area contributed by atoms with Gasteiger partial charge in [0.05, 0.1) is 14.2 Å². The monoisotopic (exact) mass is 356 g/mol. The number of aromatic nitrogens is 2. The molecule has 1 N–H and O–H groups in total. The van der Waals surface area contributed by atoms with Crippen molar-refractivity contribution < 1.29 is 14.3 Å². The smallest absolute Gasteiger partial charge is 0.274 e. The average Bonchev–Trinajstić information content (AvgIpc) is 2.68. The molecule has 0 aliphatic carbocycles. The lowest BCUT2D eigenvalue weighted by atomic mass is 9.99. The average molecular weight is 356 g/mol. The zero-order chi connectivity index (χ0) is 18.5. The maximum Gasteiger partial charge on any atom is 0.274 e. The van der Waals surface area contributed by atoms with Gasteiger partial charge in [-0.1, -0.05) is 6.92 Å². The number of benzene rings is 1. The first kappa shape index (κ1) is 18.0. The molecule has 0 spiro atoms. The SMILES string of the molecule is COc1ccc(Nc2ccc(C(=O)N3CCC(C)CC3)nn2)cc1OC. The van der Waals surface area contributed by atoms with E-state index >= 15 is 0 Å². The highest BCUT2D eigenvalue weighted by molar-refractivity contribution is 5.92. The quantitative estimate of drug-likeness (QED) is 0.887. The highest BCUT2D eigenvalue weighted by Gasteiger charge is 2.22. The summed E-state index contributed by atoms with van der Waals surface area (Å²) >= 11 is 0. The molecule has 7 heteroatoms. The number of carbonyl (C=O) groups excluding carboxylic acids is 1. The predicted octanol–water partition coefficient (Wildman–Crippen LogP) is 3.11. The first-order valence-corrected chi connectivity index (χ1v) is 8.72. The molecule has 1 fully saturated rings. The minimum Gasteiger partial charge on any atom is -0.493 e. The van der Waals surface area contributed by atoms with E-state index < -0.39 is 0 Å². The third-order valence-electron chi connectivity index (χ3n) is 4.61. The fourth-order valence-electron chi connectivity index (χ4n) is 2.95. The van der Waals surface area contributed by atoms with Crippen molar-refractivity contribution in [2.24, 2.45) is 5.92 Å². The highest BCUT2D eigenvalue weighted by atomic mass is 16.5. The van der Waals surface area contributed by atoms with Crippen molar-refractivity contribution in [2.75, 3.05) is 32.6 Å². The maximum atomic E-state index is 12.5. The summed E-state index contributed by atoms with van der Waals surface area (Å²) in [6, 6.07) is 8.94. The van der Waals surface area contributed by atoms with Crippen LogP contribution in [0.15, 0.2) is 30.3 Å². The molecule has 7 nitrogen and oxygen atoms in total. The Labute approximate surface area is 153 Å². The molecule has 3 rings (SSSR count). The number of likely N-dealkylation sites (tertiary alicyclic amines) is 1. The largest absolute Gasteiger partial charge is 0.493 e. The molecule has 1 aromatic heterocycles. The van der Waals surface area contributed by atoms with E-state index in [4.69, 9.17) is 9.47 Å². The second-order valence-electron chi connectivity index (χ2n) is 6.47. The molecule has 2 heterocycles. The van der Waals surface area contributed by atoms with Crippen LogP contribution in [0.1, 0.15) is 30.3 Å². The van der Waals surface area contributed by atoms with Crippen LogP contribution in [0.5, 0.6) is 11.5 Å². The minimum atomic E-state index is -0.0536. The number of rotatable bonds is 5. The number of ether oxygens (including phenoxy) is 2. The molecule has 138 valence electrons. The van der Waals surface area contributed by atoms with Gasteiger partial charge < -0.3 is 19.7 Å². The first-order valence-electron chi connectivity index (χ1n) is 8.72. The predicted molar refractivity (Wildman–Crippen MR) is 99.2 cm³/mol. The Morgan fingerprint density at radius 1 is 1.08 bits per heavy atom. The van der Waals surface area contributed by atoms with Crippen LogP contribution in [-0.2, 0) is 0 Å².